The molecule has 2 N–H and O–H groups in total. The van der Waals surface area contributed by atoms with E-state index in [0.717, 1.165) is 34.8 Å². The Balaban J connectivity index is 1.22. The van der Waals surface area contributed by atoms with Gasteiger partial charge in [0.25, 0.3) is 11.8 Å². The summed E-state index contributed by atoms with van der Waals surface area (Å²) in [4.78, 5) is 39.6. The lowest BCUT2D eigenvalue weighted by molar-refractivity contribution is -0.143. The van der Waals surface area contributed by atoms with E-state index in [0.29, 0.717) is 44.6 Å². The molecule has 1 aliphatic heterocycles. The van der Waals surface area contributed by atoms with Crippen molar-refractivity contribution in [3.63, 3.8) is 0 Å². The van der Waals surface area contributed by atoms with Crippen LogP contribution < -0.4 is 5.32 Å². The zero-order valence-corrected chi connectivity index (χ0v) is 19.2. The minimum Gasteiger partial charge on any atom is -0.384 e. The molecule has 0 aromatic heterocycles. The lowest BCUT2D eigenvalue weighted by atomic mass is 10.00. The van der Waals surface area contributed by atoms with E-state index >= 15 is 0 Å². The van der Waals surface area contributed by atoms with Gasteiger partial charge < -0.3 is 20.2 Å². The summed E-state index contributed by atoms with van der Waals surface area (Å²) in [6, 6.07) is 13.5. The van der Waals surface area contributed by atoms with Crippen LogP contribution in [0, 0.1) is 10.8 Å². The first kappa shape index (κ1) is 22.5. The molecule has 8 nitrogen and oxygen atoms in total. The van der Waals surface area contributed by atoms with Crippen molar-refractivity contribution in [3.8, 4) is 11.1 Å². The molecule has 2 aromatic rings. The van der Waals surface area contributed by atoms with E-state index in [9.17, 15) is 19.6 Å². The number of hydrogen-bond acceptors (Lipinski definition) is 6. The third-order valence-electron chi connectivity index (χ3n) is 7.06. The van der Waals surface area contributed by atoms with E-state index in [1.807, 2.05) is 42.5 Å². The largest absolute Gasteiger partial charge is 0.384 e. The molecule has 1 saturated heterocycles. The van der Waals surface area contributed by atoms with Gasteiger partial charge in [0.1, 0.15) is 12.1 Å². The van der Waals surface area contributed by atoms with Crippen molar-refractivity contribution in [1.29, 1.82) is 0 Å². The average Bonchev–Trinajstić information content (AvgIpc) is 3.81. The Bertz CT molecular complexity index is 1080. The fourth-order valence-corrected chi connectivity index (χ4v) is 4.45. The normalized spacial score (nSPS) is 19.0. The van der Waals surface area contributed by atoms with Gasteiger partial charge in [-0.3, -0.25) is 9.59 Å². The van der Waals surface area contributed by atoms with Crippen LogP contribution in [-0.2, 0) is 11.3 Å². The summed E-state index contributed by atoms with van der Waals surface area (Å²) in [6.07, 6.45) is 3.58. The Kier molecular flexibility index (Phi) is 6.08. The number of nitroso groups, excluding NO2 is 1. The van der Waals surface area contributed by atoms with Crippen LogP contribution in [0.15, 0.2) is 47.6 Å². The second kappa shape index (κ2) is 9.18. The summed E-state index contributed by atoms with van der Waals surface area (Å²) < 4.78 is 0. The molecule has 34 heavy (non-hydrogen) atoms. The summed E-state index contributed by atoms with van der Waals surface area (Å²) in [7, 11) is 0. The van der Waals surface area contributed by atoms with Gasteiger partial charge in [-0.05, 0) is 67.0 Å². The standard InChI is InChI=1S/C26H30N4O4/c31-24(29-11-13-30(14-12-29)25(32)26(33)9-10-26)20-5-3-19(4-6-20)21-7-8-23(22(15-21)17-28-34)27-16-18-1-2-18/h3-8,15,18,27,33H,1-2,9-14,16-17H2. The number of nitrogens with zero attached hydrogens (tertiary/aromatic N) is 3. The molecular weight excluding hydrogens is 432 g/mol. The molecule has 2 saturated carbocycles. The van der Waals surface area contributed by atoms with Crippen LogP contribution in [-0.4, -0.2) is 65.0 Å². The predicted octanol–water partition coefficient (Wildman–Crippen LogP) is 3.25. The van der Waals surface area contributed by atoms with Gasteiger partial charge in [-0.25, -0.2) is 0 Å². The average molecular weight is 463 g/mol. The molecule has 3 fully saturated rings. The van der Waals surface area contributed by atoms with Gasteiger partial charge in [0.15, 0.2) is 0 Å². The van der Waals surface area contributed by atoms with E-state index in [-0.39, 0.29) is 18.4 Å². The molecule has 0 bridgehead atoms. The number of anilines is 1. The number of carbonyl (C=O) groups is 2. The van der Waals surface area contributed by atoms with Gasteiger partial charge in [-0.1, -0.05) is 23.4 Å². The van der Waals surface area contributed by atoms with Crippen molar-refractivity contribution in [1.82, 2.24) is 9.80 Å². The number of nitrogens with one attached hydrogen (secondary N) is 1. The number of hydrogen-bond donors (Lipinski definition) is 2. The van der Waals surface area contributed by atoms with E-state index in [1.165, 1.54) is 12.8 Å². The Morgan fingerprint density at radius 3 is 2.24 bits per heavy atom. The summed E-state index contributed by atoms with van der Waals surface area (Å²) >= 11 is 0. The van der Waals surface area contributed by atoms with Gasteiger partial charge >= 0.3 is 0 Å². The number of amides is 2. The lowest BCUT2D eigenvalue weighted by Crippen LogP contribution is -2.53. The molecule has 1 heterocycles. The molecule has 0 atom stereocenters. The first-order valence-corrected chi connectivity index (χ1v) is 12.0. The Morgan fingerprint density at radius 1 is 0.971 bits per heavy atom. The summed E-state index contributed by atoms with van der Waals surface area (Å²) in [6.45, 7) is 2.84. The lowest BCUT2D eigenvalue weighted by Gasteiger charge is -2.35. The number of aliphatic hydroxyl groups is 1. The molecule has 3 aliphatic rings. The third kappa shape index (κ3) is 4.82. The predicted molar refractivity (Wildman–Crippen MR) is 129 cm³/mol. The number of rotatable bonds is 8. The molecule has 5 rings (SSSR count). The highest BCUT2D eigenvalue weighted by Crippen LogP contribution is 2.37. The van der Waals surface area contributed by atoms with Gasteiger partial charge in [-0.2, -0.15) is 4.91 Å². The first-order valence-electron chi connectivity index (χ1n) is 12.0. The highest BCUT2D eigenvalue weighted by atomic mass is 16.3. The monoisotopic (exact) mass is 462 g/mol. The highest BCUT2D eigenvalue weighted by molar-refractivity contribution is 5.95. The van der Waals surface area contributed by atoms with Gasteiger partial charge in [0.05, 0.1) is 0 Å². The molecule has 8 heteroatoms. The molecule has 2 aliphatic carbocycles. The summed E-state index contributed by atoms with van der Waals surface area (Å²) in [5.74, 6) is 0.464. The molecule has 0 radical (unpaired) electrons. The van der Waals surface area contributed by atoms with Crippen molar-refractivity contribution < 1.29 is 14.7 Å². The number of piperazine rings is 1. The zero-order valence-electron chi connectivity index (χ0n) is 19.2. The first-order chi connectivity index (χ1) is 16.5. The van der Waals surface area contributed by atoms with Crippen molar-refractivity contribution in [3.05, 3.63) is 58.5 Å². The van der Waals surface area contributed by atoms with Crippen molar-refractivity contribution in [2.45, 2.75) is 37.8 Å². The minimum absolute atomic E-state index is 0.0609. The molecule has 2 amide bonds. The smallest absolute Gasteiger partial charge is 0.254 e. The second-order valence-corrected chi connectivity index (χ2v) is 9.68. The van der Waals surface area contributed by atoms with Crippen LogP contribution in [0.2, 0.25) is 0 Å². The fraction of sp³-hybridized carbons (Fsp3) is 0.462. The van der Waals surface area contributed by atoms with E-state index in [2.05, 4.69) is 10.5 Å². The van der Waals surface area contributed by atoms with Crippen molar-refractivity contribution >= 4 is 17.5 Å². The Labute approximate surface area is 198 Å². The van der Waals surface area contributed by atoms with Gasteiger partial charge in [0, 0.05) is 49.5 Å². The van der Waals surface area contributed by atoms with E-state index in [4.69, 9.17) is 0 Å². The fourth-order valence-electron chi connectivity index (χ4n) is 4.45. The van der Waals surface area contributed by atoms with Crippen molar-refractivity contribution in [2.75, 3.05) is 38.0 Å². The van der Waals surface area contributed by atoms with E-state index in [1.54, 1.807) is 9.80 Å². The maximum absolute atomic E-state index is 13.0. The quantitative estimate of drug-likeness (QED) is 0.587. The van der Waals surface area contributed by atoms with Gasteiger partial charge in [-0.15, -0.1) is 0 Å². The Hall–Kier alpha value is -3.26. The molecule has 178 valence electrons. The SMILES string of the molecule is O=NCc1cc(-c2ccc(C(=O)N3CCN(C(=O)C4(O)CC4)CC3)cc2)ccc1NCC1CC1. The minimum atomic E-state index is -1.16. The third-order valence-corrected chi connectivity index (χ3v) is 7.06. The topological polar surface area (TPSA) is 102 Å². The highest BCUT2D eigenvalue weighted by Gasteiger charge is 2.50. The second-order valence-electron chi connectivity index (χ2n) is 9.68. The molecule has 0 spiro atoms. The van der Waals surface area contributed by atoms with E-state index < -0.39 is 5.60 Å². The van der Waals surface area contributed by atoms with Gasteiger partial charge in [0.2, 0.25) is 0 Å². The van der Waals surface area contributed by atoms with Crippen molar-refractivity contribution in [2.24, 2.45) is 11.1 Å². The van der Waals surface area contributed by atoms with Crippen LogP contribution in [0.4, 0.5) is 5.69 Å². The van der Waals surface area contributed by atoms with Crippen LogP contribution in [0.25, 0.3) is 11.1 Å². The molecular formula is C26H30N4O4. The number of benzene rings is 2. The number of carbonyl (C=O) groups excluding carboxylic acids is 2. The summed E-state index contributed by atoms with van der Waals surface area (Å²) in [5.41, 5.74) is 3.20. The molecule has 2 aromatic carbocycles. The summed E-state index contributed by atoms with van der Waals surface area (Å²) in [5, 5.41) is 16.6. The van der Waals surface area contributed by atoms with Crippen LogP contribution in [0.5, 0.6) is 0 Å². The maximum atomic E-state index is 13.0. The maximum Gasteiger partial charge on any atom is 0.254 e. The van der Waals surface area contributed by atoms with Crippen LogP contribution in [0.3, 0.4) is 0 Å². The zero-order chi connectivity index (χ0) is 23.7. The van der Waals surface area contributed by atoms with Crippen LogP contribution in [0.1, 0.15) is 41.6 Å². The molecule has 0 unspecified atom stereocenters. The van der Waals surface area contributed by atoms with Crippen LogP contribution >= 0.6 is 0 Å². The Morgan fingerprint density at radius 2 is 1.62 bits per heavy atom.